The van der Waals surface area contributed by atoms with Gasteiger partial charge in [0.2, 0.25) is 0 Å². The van der Waals surface area contributed by atoms with Crippen molar-refractivity contribution >= 4 is 45.5 Å². The highest BCUT2D eigenvalue weighted by atomic mass is 32.2. The summed E-state index contributed by atoms with van der Waals surface area (Å²) in [4.78, 5) is 14.0. The molecule has 1 aromatic heterocycles. The molecule has 0 saturated heterocycles. The molecule has 0 fully saturated rings. The van der Waals surface area contributed by atoms with Gasteiger partial charge < -0.3 is 5.32 Å². The number of hydrogen-bond donors (Lipinski definition) is 1. The third kappa shape index (κ3) is 4.28. The van der Waals surface area contributed by atoms with Crippen molar-refractivity contribution in [1.82, 2.24) is 10.2 Å². The zero-order valence-corrected chi connectivity index (χ0v) is 15.1. The van der Waals surface area contributed by atoms with Gasteiger partial charge in [-0.2, -0.15) is 0 Å². The van der Waals surface area contributed by atoms with Gasteiger partial charge in [-0.1, -0.05) is 23.1 Å². The Morgan fingerprint density at radius 1 is 1.12 bits per heavy atom. The summed E-state index contributed by atoms with van der Waals surface area (Å²) in [6, 6.07) is 14.3. The molecule has 1 amide bonds. The molecular weight excluding hydrogens is 362 g/mol. The van der Waals surface area contributed by atoms with Crippen LogP contribution in [0.2, 0.25) is 0 Å². The van der Waals surface area contributed by atoms with Crippen LogP contribution in [-0.4, -0.2) is 26.6 Å². The van der Waals surface area contributed by atoms with Gasteiger partial charge in [0.1, 0.15) is 5.51 Å². The largest absolute Gasteiger partial charge is 0.322 e. The average Bonchev–Trinajstić information content (AvgIpc) is 3.09. The van der Waals surface area contributed by atoms with E-state index in [1.165, 1.54) is 23.1 Å². The standard InChI is InChI=1S/C16H13N3O2S3/c1-24(21)14-8-2-11(3-9-14)15(20)18-12-4-6-13(7-5-12)23-16-19-17-10-22-16/h2-10H,1H3,(H,18,20). The second-order valence-corrected chi connectivity index (χ2v) is 8.30. The second-order valence-electron chi connectivity index (χ2n) is 4.76. The fourth-order valence-electron chi connectivity index (χ4n) is 1.92. The minimum absolute atomic E-state index is 0.201. The molecule has 0 radical (unpaired) electrons. The summed E-state index contributed by atoms with van der Waals surface area (Å²) in [5.41, 5.74) is 2.93. The molecule has 122 valence electrons. The van der Waals surface area contributed by atoms with Crippen molar-refractivity contribution in [1.29, 1.82) is 0 Å². The van der Waals surface area contributed by atoms with Crippen LogP contribution in [0.5, 0.6) is 0 Å². The van der Waals surface area contributed by atoms with Crippen LogP contribution in [0.15, 0.2) is 68.2 Å². The highest BCUT2D eigenvalue weighted by Crippen LogP contribution is 2.29. The van der Waals surface area contributed by atoms with Crippen molar-refractivity contribution in [3.8, 4) is 0 Å². The average molecular weight is 376 g/mol. The fraction of sp³-hybridized carbons (Fsp3) is 0.0625. The Hall–Kier alpha value is -2.03. The predicted octanol–water partition coefficient (Wildman–Crippen LogP) is 3.68. The van der Waals surface area contributed by atoms with Gasteiger partial charge in [-0.05, 0) is 48.5 Å². The second kappa shape index (κ2) is 7.69. The molecule has 3 rings (SSSR count). The number of nitrogens with zero attached hydrogens (tertiary/aromatic N) is 2. The number of benzene rings is 2. The van der Waals surface area contributed by atoms with E-state index in [9.17, 15) is 9.00 Å². The number of carbonyl (C=O) groups is 1. The minimum atomic E-state index is -1.05. The summed E-state index contributed by atoms with van der Waals surface area (Å²) in [6.45, 7) is 0. The van der Waals surface area contributed by atoms with Crippen molar-refractivity contribution in [2.45, 2.75) is 14.1 Å². The van der Waals surface area contributed by atoms with Gasteiger partial charge in [0, 0.05) is 38.1 Å². The Kier molecular flexibility index (Phi) is 5.39. The lowest BCUT2D eigenvalue weighted by Gasteiger charge is -2.06. The SMILES string of the molecule is CS(=O)c1ccc(C(=O)Nc2ccc(Sc3nncs3)cc2)cc1. The van der Waals surface area contributed by atoms with E-state index in [1.54, 1.807) is 36.0 Å². The molecular formula is C16H13N3O2S3. The van der Waals surface area contributed by atoms with E-state index in [1.807, 2.05) is 24.3 Å². The lowest BCUT2D eigenvalue weighted by molar-refractivity contribution is 0.102. The van der Waals surface area contributed by atoms with Crippen LogP contribution in [0.3, 0.4) is 0 Å². The van der Waals surface area contributed by atoms with Gasteiger partial charge in [-0.25, -0.2) is 0 Å². The molecule has 1 unspecified atom stereocenters. The van der Waals surface area contributed by atoms with Crippen LogP contribution in [0.25, 0.3) is 0 Å². The molecule has 0 saturated carbocycles. The van der Waals surface area contributed by atoms with Crippen LogP contribution in [0.4, 0.5) is 5.69 Å². The molecule has 0 bridgehead atoms. The molecule has 5 nitrogen and oxygen atoms in total. The monoisotopic (exact) mass is 375 g/mol. The molecule has 24 heavy (non-hydrogen) atoms. The summed E-state index contributed by atoms with van der Waals surface area (Å²) in [7, 11) is -1.05. The van der Waals surface area contributed by atoms with Gasteiger partial charge >= 0.3 is 0 Å². The van der Waals surface area contributed by atoms with Gasteiger partial charge in [-0.15, -0.1) is 10.2 Å². The Bertz CT molecular complexity index is 847. The number of hydrogen-bond acceptors (Lipinski definition) is 6. The first-order valence-electron chi connectivity index (χ1n) is 6.91. The normalized spacial score (nSPS) is 11.9. The molecule has 0 spiro atoms. The molecule has 1 heterocycles. The van der Waals surface area contributed by atoms with Crippen molar-refractivity contribution in [2.24, 2.45) is 0 Å². The number of anilines is 1. The number of carbonyl (C=O) groups excluding carboxylic acids is 1. The van der Waals surface area contributed by atoms with Crippen molar-refractivity contribution in [2.75, 3.05) is 11.6 Å². The minimum Gasteiger partial charge on any atom is -0.322 e. The summed E-state index contributed by atoms with van der Waals surface area (Å²) in [5, 5.41) is 10.6. The van der Waals surface area contributed by atoms with Gasteiger partial charge in [0.15, 0.2) is 4.34 Å². The maximum absolute atomic E-state index is 12.2. The fourth-order valence-corrected chi connectivity index (χ4v) is 3.89. The number of nitrogens with one attached hydrogen (secondary N) is 1. The Morgan fingerprint density at radius 2 is 1.83 bits per heavy atom. The van der Waals surface area contributed by atoms with Crippen molar-refractivity contribution in [3.63, 3.8) is 0 Å². The van der Waals surface area contributed by atoms with Gasteiger partial charge in [-0.3, -0.25) is 9.00 Å². The molecule has 0 aliphatic rings. The summed E-state index contributed by atoms with van der Waals surface area (Å²) < 4.78 is 12.2. The van der Waals surface area contributed by atoms with Gasteiger partial charge in [0.25, 0.3) is 5.91 Å². The third-order valence-electron chi connectivity index (χ3n) is 3.11. The first-order chi connectivity index (χ1) is 11.6. The molecule has 0 aliphatic carbocycles. The molecule has 8 heteroatoms. The molecule has 2 aromatic carbocycles. The van der Waals surface area contributed by atoms with Crippen LogP contribution >= 0.6 is 23.1 Å². The maximum Gasteiger partial charge on any atom is 0.255 e. The van der Waals surface area contributed by atoms with Crippen LogP contribution < -0.4 is 5.32 Å². The highest BCUT2D eigenvalue weighted by molar-refractivity contribution is 8.01. The first kappa shape index (κ1) is 16.8. The maximum atomic E-state index is 12.2. The van der Waals surface area contributed by atoms with Crippen molar-refractivity contribution in [3.05, 3.63) is 59.6 Å². The van der Waals surface area contributed by atoms with E-state index in [0.717, 1.165) is 9.24 Å². The third-order valence-corrected chi connectivity index (χ3v) is 5.83. The zero-order chi connectivity index (χ0) is 16.9. The topological polar surface area (TPSA) is 72.0 Å². The van der Waals surface area contributed by atoms with Gasteiger partial charge in [0.05, 0.1) is 0 Å². The summed E-state index contributed by atoms with van der Waals surface area (Å²) in [6.07, 6.45) is 1.61. The highest BCUT2D eigenvalue weighted by Gasteiger charge is 2.07. The van der Waals surface area contributed by atoms with E-state index < -0.39 is 10.8 Å². The lowest BCUT2D eigenvalue weighted by Crippen LogP contribution is -2.11. The number of amides is 1. The van der Waals surface area contributed by atoms with E-state index in [0.29, 0.717) is 16.1 Å². The zero-order valence-electron chi connectivity index (χ0n) is 12.6. The Morgan fingerprint density at radius 3 is 2.42 bits per heavy atom. The van der Waals surface area contributed by atoms with E-state index in [4.69, 9.17) is 0 Å². The Labute approximate surface area is 150 Å². The first-order valence-corrected chi connectivity index (χ1v) is 10.2. The predicted molar refractivity (Wildman–Crippen MR) is 97.2 cm³/mol. The summed E-state index contributed by atoms with van der Waals surface area (Å²) in [5.74, 6) is -0.201. The van der Waals surface area contributed by atoms with Crippen LogP contribution in [0.1, 0.15) is 10.4 Å². The van der Waals surface area contributed by atoms with Crippen LogP contribution in [0, 0.1) is 0 Å². The smallest absolute Gasteiger partial charge is 0.255 e. The molecule has 1 N–H and O–H groups in total. The number of aromatic nitrogens is 2. The quantitative estimate of drug-likeness (QED) is 0.736. The summed E-state index contributed by atoms with van der Waals surface area (Å²) >= 11 is 3.01. The van der Waals surface area contributed by atoms with E-state index >= 15 is 0 Å². The molecule has 3 aromatic rings. The van der Waals surface area contributed by atoms with E-state index in [2.05, 4.69) is 15.5 Å². The lowest BCUT2D eigenvalue weighted by atomic mass is 10.2. The number of rotatable bonds is 5. The molecule has 1 atom stereocenters. The van der Waals surface area contributed by atoms with Crippen molar-refractivity contribution < 1.29 is 9.00 Å². The van der Waals surface area contributed by atoms with E-state index in [-0.39, 0.29) is 5.91 Å². The van der Waals surface area contributed by atoms with Crippen LogP contribution in [-0.2, 0) is 10.8 Å². The Balaban J connectivity index is 1.64. The molecule has 0 aliphatic heterocycles.